The molecule has 0 heterocycles. The fraction of sp³-hybridized carbons (Fsp3) is 0.500. The van der Waals surface area contributed by atoms with Crippen molar-refractivity contribution in [2.75, 3.05) is 6.26 Å². The van der Waals surface area contributed by atoms with Gasteiger partial charge in [-0.15, -0.1) is 11.8 Å². The summed E-state index contributed by atoms with van der Waals surface area (Å²) >= 11 is 1.49. The topological polar surface area (TPSA) is 17.1 Å². The van der Waals surface area contributed by atoms with Crippen molar-refractivity contribution in [1.82, 2.24) is 0 Å². The molecule has 2 heteroatoms. The van der Waals surface area contributed by atoms with Gasteiger partial charge in [0.05, 0.1) is 0 Å². The van der Waals surface area contributed by atoms with E-state index in [1.54, 1.807) is 0 Å². The largest absolute Gasteiger partial charge is 0.297 e. The van der Waals surface area contributed by atoms with Crippen molar-refractivity contribution in [3.8, 4) is 0 Å². The lowest BCUT2D eigenvalue weighted by Gasteiger charge is -1.92. The first-order valence-corrected chi connectivity index (χ1v) is 3.61. The molecule has 0 aromatic heterocycles. The Kier molecular flexibility index (Phi) is 3.61. The van der Waals surface area contributed by atoms with Crippen LogP contribution in [0.1, 0.15) is 13.8 Å². The molecule has 0 aromatic carbocycles. The fourth-order valence-electron chi connectivity index (χ4n) is 0.370. The van der Waals surface area contributed by atoms with E-state index >= 15 is 0 Å². The van der Waals surface area contributed by atoms with Crippen LogP contribution in [0.5, 0.6) is 0 Å². The predicted molar refractivity (Wildman–Crippen MR) is 38.0 cm³/mol. The summed E-state index contributed by atoms with van der Waals surface area (Å²) < 4.78 is 0. The smallest absolute Gasteiger partial charge is 0.156 e. The number of rotatable bonds is 2. The molecular weight excluding hydrogens is 120 g/mol. The van der Waals surface area contributed by atoms with Crippen molar-refractivity contribution in [3.05, 3.63) is 10.5 Å². The van der Waals surface area contributed by atoms with Gasteiger partial charge in [-0.1, -0.05) is 5.57 Å². The summed E-state index contributed by atoms with van der Waals surface area (Å²) in [7, 11) is 0. The van der Waals surface area contributed by atoms with Gasteiger partial charge < -0.3 is 0 Å². The summed E-state index contributed by atoms with van der Waals surface area (Å²) in [6.07, 6.45) is 2.79. The Hall–Kier alpha value is -0.240. The van der Waals surface area contributed by atoms with Crippen LogP contribution in [-0.4, -0.2) is 12.5 Å². The molecule has 0 aromatic rings. The van der Waals surface area contributed by atoms with E-state index in [4.69, 9.17) is 0 Å². The normalized spacial score (nSPS) is 8.38. The minimum absolute atomic E-state index is 0.838. The molecule has 0 saturated carbocycles. The maximum atomic E-state index is 10.1. The molecule has 0 N–H and O–H groups in total. The quantitative estimate of drug-likeness (QED) is 0.419. The summed E-state index contributed by atoms with van der Waals surface area (Å²) in [5.41, 5.74) is 1.09. The zero-order valence-corrected chi connectivity index (χ0v) is 6.21. The Balaban J connectivity index is 4.07. The number of hydrogen-bond acceptors (Lipinski definition) is 2. The van der Waals surface area contributed by atoms with E-state index in [0.717, 1.165) is 16.8 Å². The second-order valence-electron chi connectivity index (χ2n) is 1.69. The van der Waals surface area contributed by atoms with Gasteiger partial charge >= 0.3 is 0 Å². The van der Waals surface area contributed by atoms with Crippen LogP contribution in [0, 0.1) is 0 Å². The van der Waals surface area contributed by atoms with Crippen LogP contribution >= 0.6 is 11.8 Å². The second kappa shape index (κ2) is 3.72. The maximum Gasteiger partial charge on any atom is 0.156 e. The molecule has 0 unspecified atom stereocenters. The SMILES string of the molecule is CSC(C=O)=C(C)C. The summed E-state index contributed by atoms with van der Waals surface area (Å²) in [4.78, 5) is 10.9. The lowest BCUT2D eigenvalue weighted by Crippen LogP contribution is -1.78. The van der Waals surface area contributed by atoms with Crippen LogP contribution in [0.25, 0.3) is 0 Å². The maximum absolute atomic E-state index is 10.1. The number of hydrogen-bond donors (Lipinski definition) is 0. The van der Waals surface area contributed by atoms with Crippen LogP contribution in [0.15, 0.2) is 10.5 Å². The Morgan fingerprint density at radius 1 is 1.50 bits per heavy atom. The first-order valence-electron chi connectivity index (χ1n) is 2.39. The molecule has 0 saturated heterocycles. The average molecular weight is 130 g/mol. The molecular formula is C6H10OS. The van der Waals surface area contributed by atoms with E-state index in [9.17, 15) is 4.79 Å². The van der Waals surface area contributed by atoms with Crippen molar-refractivity contribution in [1.29, 1.82) is 0 Å². The van der Waals surface area contributed by atoms with Gasteiger partial charge in [0.1, 0.15) is 0 Å². The minimum Gasteiger partial charge on any atom is -0.297 e. The third kappa shape index (κ3) is 2.17. The molecule has 0 fully saturated rings. The van der Waals surface area contributed by atoms with E-state index in [1.165, 1.54) is 11.8 Å². The van der Waals surface area contributed by atoms with E-state index < -0.39 is 0 Å². The van der Waals surface area contributed by atoms with Gasteiger partial charge in [-0.2, -0.15) is 0 Å². The number of thioether (sulfide) groups is 1. The molecule has 46 valence electrons. The Bertz CT molecular complexity index is 112. The van der Waals surface area contributed by atoms with Gasteiger partial charge in [-0.05, 0) is 20.1 Å². The second-order valence-corrected chi connectivity index (χ2v) is 2.53. The molecule has 0 aliphatic carbocycles. The van der Waals surface area contributed by atoms with Crippen LogP contribution in [0.3, 0.4) is 0 Å². The van der Waals surface area contributed by atoms with Crippen molar-refractivity contribution >= 4 is 18.0 Å². The fourth-order valence-corrected chi connectivity index (χ4v) is 0.875. The first-order chi connectivity index (χ1) is 3.72. The number of carbonyl (C=O) groups excluding carboxylic acids is 1. The molecule has 0 atom stereocenters. The molecule has 1 nitrogen and oxygen atoms in total. The Morgan fingerprint density at radius 3 is 2.00 bits per heavy atom. The highest BCUT2D eigenvalue weighted by molar-refractivity contribution is 8.03. The molecule has 0 aliphatic heterocycles. The standard InChI is InChI=1S/C6H10OS/c1-5(2)6(4-7)8-3/h4H,1-3H3. The zero-order chi connectivity index (χ0) is 6.57. The van der Waals surface area contributed by atoms with Gasteiger partial charge in [-0.3, -0.25) is 4.79 Å². The molecule has 0 radical (unpaired) electrons. The van der Waals surface area contributed by atoms with Crippen LogP contribution in [0.2, 0.25) is 0 Å². The van der Waals surface area contributed by atoms with E-state index in [0.29, 0.717) is 0 Å². The lowest BCUT2D eigenvalue weighted by molar-refractivity contribution is -0.104. The van der Waals surface area contributed by atoms with Crippen molar-refractivity contribution in [2.24, 2.45) is 0 Å². The number of aldehydes is 1. The monoisotopic (exact) mass is 130 g/mol. The molecule has 0 aliphatic rings. The molecule has 0 bridgehead atoms. The van der Waals surface area contributed by atoms with Crippen LogP contribution in [0.4, 0.5) is 0 Å². The average Bonchev–Trinajstić information content (AvgIpc) is 1.69. The molecule has 0 rings (SSSR count). The highest BCUT2D eigenvalue weighted by Crippen LogP contribution is 2.12. The Labute approximate surface area is 54.2 Å². The highest BCUT2D eigenvalue weighted by Gasteiger charge is 1.91. The van der Waals surface area contributed by atoms with Gasteiger partial charge in [0, 0.05) is 4.91 Å². The van der Waals surface area contributed by atoms with Crippen molar-refractivity contribution in [2.45, 2.75) is 13.8 Å². The summed E-state index contributed by atoms with van der Waals surface area (Å²) in [5, 5.41) is 0. The lowest BCUT2D eigenvalue weighted by atomic mass is 10.3. The number of allylic oxidation sites excluding steroid dienone is 2. The van der Waals surface area contributed by atoms with Crippen LogP contribution in [-0.2, 0) is 4.79 Å². The van der Waals surface area contributed by atoms with E-state index in [-0.39, 0.29) is 0 Å². The minimum atomic E-state index is 0.838. The van der Waals surface area contributed by atoms with Crippen LogP contribution < -0.4 is 0 Å². The summed E-state index contributed by atoms with van der Waals surface area (Å²) in [6.45, 7) is 3.86. The van der Waals surface area contributed by atoms with Gasteiger partial charge in [0.2, 0.25) is 0 Å². The Morgan fingerprint density at radius 2 is 2.00 bits per heavy atom. The zero-order valence-electron chi connectivity index (χ0n) is 5.39. The number of carbonyl (C=O) groups is 1. The van der Waals surface area contributed by atoms with Crippen molar-refractivity contribution in [3.63, 3.8) is 0 Å². The third-order valence-electron chi connectivity index (χ3n) is 0.820. The molecule has 0 amide bonds. The van der Waals surface area contributed by atoms with E-state index in [2.05, 4.69) is 0 Å². The highest BCUT2D eigenvalue weighted by atomic mass is 32.2. The van der Waals surface area contributed by atoms with Gasteiger partial charge in [-0.25, -0.2) is 0 Å². The first kappa shape index (κ1) is 7.76. The third-order valence-corrected chi connectivity index (χ3v) is 1.76. The van der Waals surface area contributed by atoms with Crippen molar-refractivity contribution < 1.29 is 4.79 Å². The summed E-state index contributed by atoms with van der Waals surface area (Å²) in [5.74, 6) is 0. The predicted octanol–water partition coefficient (Wildman–Crippen LogP) is 1.84. The van der Waals surface area contributed by atoms with Gasteiger partial charge in [0.15, 0.2) is 6.29 Å². The summed E-state index contributed by atoms with van der Waals surface area (Å²) in [6, 6.07) is 0. The molecule has 0 spiro atoms. The van der Waals surface area contributed by atoms with Gasteiger partial charge in [0.25, 0.3) is 0 Å². The van der Waals surface area contributed by atoms with E-state index in [1.807, 2.05) is 20.1 Å². The molecule has 8 heavy (non-hydrogen) atoms.